The highest BCUT2D eigenvalue weighted by Gasteiger charge is 2.33. The van der Waals surface area contributed by atoms with Crippen LogP contribution in [0.4, 0.5) is 13.2 Å². The van der Waals surface area contributed by atoms with Crippen LogP contribution in [0.15, 0.2) is 41.0 Å². The number of nitrogens with zero attached hydrogens (tertiary/aromatic N) is 2. The number of hydrogen-bond acceptors (Lipinski definition) is 2. The number of hydrogen-bond donors (Lipinski definition) is 0. The molecule has 0 aliphatic heterocycles. The molecule has 0 atom stereocenters. The second-order valence-corrected chi connectivity index (χ2v) is 4.87. The number of rotatable bonds is 0. The van der Waals surface area contributed by atoms with Gasteiger partial charge in [-0.15, -0.1) is 0 Å². The number of pyridine rings is 2. The third-order valence-electron chi connectivity index (χ3n) is 2.80. The lowest BCUT2D eigenvalue weighted by molar-refractivity contribution is -0.141. The van der Waals surface area contributed by atoms with Gasteiger partial charge >= 0.3 is 6.18 Å². The molecule has 0 aliphatic carbocycles. The lowest BCUT2D eigenvalue weighted by Crippen LogP contribution is -2.08. The summed E-state index contributed by atoms with van der Waals surface area (Å²) in [5, 5.41) is 1.24. The number of benzene rings is 1. The van der Waals surface area contributed by atoms with Gasteiger partial charge in [-0.05, 0) is 30.3 Å². The average molecular weight is 327 g/mol. The first-order valence-electron chi connectivity index (χ1n) is 5.38. The molecule has 0 bridgehead atoms. The molecule has 19 heavy (non-hydrogen) atoms. The van der Waals surface area contributed by atoms with Gasteiger partial charge in [0.05, 0.1) is 11.0 Å². The molecule has 1 aromatic carbocycles. The maximum atomic E-state index is 12.8. The van der Waals surface area contributed by atoms with Crippen molar-refractivity contribution in [2.45, 2.75) is 6.18 Å². The minimum atomic E-state index is -4.47. The van der Waals surface area contributed by atoms with Crippen LogP contribution in [0.3, 0.4) is 0 Å². The molecule has 3 aromatic rings. The standard InChI is InChI=1S/C13H6BrF3N2/c14-9-6-11(13(15,16)17)19-12-7(9)3-4-10-8(12)2-1-5-18-10/h1-6H. The van der Waals surface area contributed by atoms with Gasteiger partial charge in [0.1, 0.15) is 5.69 Å². The molecule has 0 saturated carbocycles. The van der Waals surface area contributed by atoms with Gasteiger partial charge in [0.15, 0.2) is 0 Å². The van der Waals surface area contributed by atoms with Gasteiger partial charge in [0, 0.05) is 21.4 Å². The maximum absolute atomic E-state index is 12.8. The fourth-order valence-corrected chi connectivity index (χ4v) is 2.48. The Labute approximate surface area is 114 Å². The van der Waals surface area contributed by atoms with Crippen molar-refractivity contribution in [1.82, 2.24) is 9.97 Å². The van der Waals surface area contributed by atoms with Crippen molar-refractivity contribution >= 4 is 37.7 Å². The second-order valence-electron chi connectivity index (χ2n) is 4.02. The Morgan fingerprint density at radius 1 is 1.05 bits per heavy atom. The number of fused-ring (bicyclic) bond motifs is 3. The molecule has 0 aliphatic rings. The van der Waals surface area contributed by atoms with E-state index in [1.807, 2.05) is 0 Å². The lowest BCUT2D eigenvalue weighted by Gasteiger charge is -2.10. The van der Waals surface area contributed by atoms with Crippen LogP contribution >= 0.6 is 15.9 Å². The van der Waals surface area contributed by atoms with E-state index in [9.17, 15) is 13.2 Å². The molecule has 3 rings (SSSR count). The largest absolute Gasteiger partial charge is 0.433 e. The van der Waals surface area contributed by atoms with Crippen molar-refractivity contribution in [3.63, 3.8) is 0 Å². The Morgan fingerprint density at radius 3 is 2.58 bits per heavy atom. The molecule has 96 valence electrons. The summed E-state index contributed by atoms with van der Waals surface area (Å²) in [7, 11) is 0. The molecule has 0 N–H and O–H groups in total. The quantitative estimate of drug-likeness (QED) is 0.566. The smallest absolute Gasteiger partial charge is 0.256 e. The van der Waals surface area contributed by atoms with Crippen molar-refractivity contribution in [2.24, 2.45) is 0 Å². The molecule has 2 heterocycles. The fourth-order valence-electron chi connectivity index (χ4n) is 1.95. The van der Waals surface area contributed by atoms with Crippen LogP contribution in [0.2, 0.25) is 0 Å². The minimum absolute atomic E-state index is 0.298. The van der Waals surface area contributed by atoms with Gasteiger partial charge in [-0.3, -0.25) is 4.98 Å². The van der Waals surface area contributed by atoms with E-state index in [1.54, 1.807) is 30.5 Å². The van der Waals surface area contributed by atoms with Crippen LogP contribution in [0, 0.1) is 0 Å². The van der Waals surface area contributed by atoms with Gasteiger partial charge in [0.25, 0.3) is 0 Å². The van der Waals surface area contributed by atoms with Crippen molar-refractivity contribution in [3.8, 4) is 0 Å². The van der Waals surface area contributed by atoms with E-state index in [1.165, 1.54) is 0 Å². The summed E-state index contributed by atoms with van der Waals surface area (Å²) in [6.45, 7) is 0. The topological polar surface area (TPSA) is 25.8 Å². The van der Waals surface area contributed by atoms with Gasteiger partial charge in [-0.25, -0.2) is 4.98 Å². The predicted molar refractivity (Wildman–Crippen MR) is 69.7 cm³/mol. The summed E-state index contributed by atoms with van der Waals surface area (Å²) in [6, 6.07) is 7.85. The van der Waals surface area contributed by atoms with Crippen LogP contribution in [0.1, 0.15) is 5.69 Å². The van der Waals surface area contributed by atoms with Crippen molar-refractivity contribution in [2.75, 3.05) is 0 Å². The summed E-state index contributed by atoms with van der Waals surface area (Å²) in [6.07, 6.45) is -2.88. The van der Waals surface area contributed by atoms with Crippen LogP contribution in [0.5, 0.6) is 0 Å². The average Bonchev–Trinajstić information content (AvgIpc) is 2.37. The zero-order chi connectivity index (χ0) is 13.6. The van der Waals surface area contributed by atoms with Crippen molar-refractivity contribution in [1.29, 1.82) is 0 Å². The summed E-state index contributed by atoms with van der Waals surface area (Å²) < 4.78 is 38.8. The van der Waals surface area contributed by atoms with Crippen LogP contribution in [0.25, 0.3) is 21.8 Å². The second kappa shape index (κ2) is 4.16. The summed E-state index contributed by atoms with van der Waals surface area (Å²) in [5.41, 5.74) is 0.00394. The van der Waals surface area contributed by atoms with E-state index < -0.39 is 11.9 Å². The van der Waals surface area contributed by atoms with Crippen LogP contribution < -0.4 is 0 Å². The number of aromatic nitrogens is 2. The zero-order valence-corrected chi connectivity index (χ0v) is 11.0. The van der Waals surface area contributed by atoms with Gasteiger partial charge in [0.2, 0.25) is 0 Å². The monoisotopic (exact) mass is 326 g/mol. The third-order valence-corrected chi connectivity index (χ3v) is 3.46. The molecular weight excluding hydrogens is 321 g/mol. The number of halogens is 4. The SMILES string of the molecule is FC(F)(F)c1cc(Br)c2ccc3ncccc3c2n1. The molecule has 0 unspecified atom stereocenters. The Balaban J connectivity index is 2.47. The van der Waals surface area contributed by atoms with Gasteiger partial charge in [-0.2, -0.15) is 13.2 Å². The maximum Gasteiger partial charge on any atom is 0.433 e. The Morgan fingerprint density at radius 2 is 1.84 bits per heavy atom. The van der Waals surface area contributed by atoms with Crippen LogP contribution in [-0.4, -0.2) is 9.97 Å². The molecule has 0 fully saturated rings. The fraction of sp³-hybridized carbons (Fsp3) is 0.0769. The Kier molecular flexibility index (Phi) is 2.70. The summed E-state index contributed by atoms with van der Waals surface area (Å²) in [4.78, 5) is 7.86. The third kappa shape index (κ3) is 2.06. The highest BCUT2D eigenvalue weighted by molar-refractivity contribution is 9.10. The normalized spacial score (nSPS) is 12.2. The molecule has 6 heteroatoms. The first-order valence-corrected chi connectivity index (χ1v) is 6.17. The lowest BCUT2D eigenvalue weighted by atomic mass is 10.1. The van der Waals surface area contributed by atoms with E-state index in [2.05, 4.69) is 25.9 Å². The van der Waals surface area contributed by atoms with Crippen molar-refractivity contribution < 1.29 is 13.2 Å². The minimum Gasteiger partial charge on any atom is -0.256 e. The van der Waals surface area contributed by atoms with Gasteiger partial charge in [-0.1, -0.05) is 15.9 Å². The van der Waals surface area contributed by atoms with E-state index in [0.29, 0.717) is 26.3 Å². The van der Waals surface area contributed by atoms with Crippen molar-refractivity contribution in [3.05, 3.63) is 46.7 Å². The molecule has 0 amide bonds. The van der Waals surface area contributed by atoms with E-state index >= 15 is 0 Å². The molecule has 2 aromatic heterocycles. The Hall–Kier alpha value is -1.69. The first-order chi connectivity index (χ1) is 8.97. The summed E-state index contributed by atoms with van der Waals surface area (Å²) >= 11 is 3.17. The zero-order valence-electron chi connectivity index (χ0n) is 9.37. The molecule has 0 saturated heterocycles. The highest BCUT2D eigenvalue weighted by Crippen LogP contribution is 2.35. The van der Waals surface area contributed by atoms with E-state index in [-0.39, 0.29) is 0 Å². The molecular formula is C13H6BrF3N2. The van der Waals surface area contributed by atoms with E-state index in [4.69, 9.17) is 0 Å². The molecule has 0 spiro atoms. The summed E-state index contributed by atoms with van der Waals surface area (Å²) in [5.74, 6) is 0. The predicted octanol–water partition coefficient (Wildman–Crippen LogP) is 4.56. The highest BCUT2D eigenvalue weighted by atomic mass is 79.9. The van der Waals surface area contributed by atoms with E-state index in [0.717, 1.165) is 6.07 Å². The number of alkyl halides is 3. The molecule has 0 radical (unpaired) electrons. The van der Waals surface area contributed by atoms with Gasteiger partial charge < -0.3 is 0 Å². The van der Waals surface area contributed by atoms with Crippen LogP contribution in [-0.2, 0) is 6.18 Å². The first kappa shape index (κ1) is 12.3. The molecule has 2 nitrogen and oxygen atoms in total. The Bertz CT molecular complexity index is 784.